The van der Waals surface area contributed by atoms with Crippen LogP contribution >= 0.6 is 0 Å². The quantitative estimate of drug-likeness (QED) is 0.805. The molecule has 3 heteroatoms. The number of aromatic amines is 1. The van der Waals surface area contributed by atoms with Crippen LogP contribution in [0.15, 0.2) is 12.3 Å². The number of anilines is 1. The minimum absolute atomic E-state index is 1.11. The van der Waals surface area contributed by atoms with Gasteiger partial charge in [-0.15, -0.1) is 0 Å². The van der Waals surface area contributed by atoms with Crippen molar-refractivity contribution in [3.05, 3.63) is 23.4 Å². The Morgan fingerprint density at radius 3 is 2.93 bits per heavy atom. The van der Waals surface area contributed by atoms with Gasteiger partial charge in [-0.3, -0.25) is 5.10 Å². The lowest BCUT2D eigenvalue weighted by Gasteiger charge is -2.12. The molecule has 80 valence electrons. The van der Waals surface area contributed by atoms with E-state index in [0.29, 0.717) is 0 Å². The van der Waals surface area contributed by atoms with Crippen molar-refractivity contribution in [1.82, 2.24) is 10.2 Å². The summed E-state index contributed by atoms with van der Waals surface area (Å²) in [5.74, 6) is 0. The fourth-order valence-electron chi connectivity index (χ4n) is 2.13. The summed E-state index contributed by atoms with van der Waals surface area (Å²) in [6.07, 6.45) is 4.17. The van der Waals surface area contributed by atoms with Gasteiger partial charge in [0.2, 0.25) is 0 Å². The summed E-state index contributed by atoms with van der Waals surface area (Å²) in [5.41, 5.74) is 5.07. The van der Waals surface area contributed by atoms with E-state index in [2.05, 4.69) is 35.4 Å². The van der Waals surface area contributed by atoms with E-state index >= 15 is 0 Å². The van der Waals surface area contributed by atoms with Crippen LogP contribution in [0, 0.1) is 6.92 Å². The Balaban J connectivity index is 2.70. The smallest absolute Gasteiger partial charge is 0.0674 e. The van der Waals surface area contributed by atoms with Crippen LogP contribution in [-0.2, 0) is 6.42 Å². The predicted octanol–water partition coefficient (Wildman–Crippen LogP) is 2.87. The summed E-state index contributed by atoms with van der Waals surface area (Å²) >= 11 is 0. The highest BCUT2D eigenvalue weighted by Gasteiger charge is 2.10. The zero-order valence-electron chi connectivity index (χ0n) is 9.52. The average molecular weight is 203 g/mol. The second-order valence-corrected chi connectivity index (χ2v) is 3.88. The van der Waals surface area contributed by atoms with Crippen LogP contribution in [-0.4, -0.2) is 17.2 Å². The van der Waals surface area contributed by atoms with Crippen molar-refractivity contribution in [3.63, 3.8) is 0 Å². The largest absolute Gasteiger partial charge is 0.387 e. The average Bonchev–Trinajstić information content (AvgIpc) is 2.66. The first-order valence-electron chi connectivity index (χ1n) is 5.41. The third-order valence-electron chi connectivity index (χ3n) is 2.83. The van der Waals surface area contributed by atoms with E-state index in [-0.39, 0.29) is 0 Å². The monoisotopic (exact) mass is 203 g/mol. The first-order valence-corrected chi connectivity index (χ1v) is 5.41. The lowest BCUT2D eigenvalue weighted by Crippen LogP contribution is -1.98. The van der Waals surface area contributed by atoms with Crippen molar-refractivity contribution < 1.29 is 0 Å². The molecule has 0 unspecified atom stereocenters. The van der Waals surface area contributed by atoms with Crippen LogP contribution in [0.5, 0.6) is 0 Å². The molecule has 0 saturated carbocycles. The van der Waals surface area contributed by atoms with Gasteiger partial charge < -0.3 is 5.32 Å². The van der Waals surface area contributed by atoms with Crippen molar-refractivity contribution >= 4 is 16.6 Å². The number of H-pyrrole nitrogens is 1. The molecule has 2 N–H and O–H groups in total. The SMILES string of the molecule is CCCc1c(C)cc2[nH]ncc2c1NC. The Morgan fingerprint density at radius 2 is 2.27 bits per heavy atom. The molecule has 0 aliphatic carbocycles. The molecule has 0 spiro atoms. The summed E-state index contributed by atoms with van der Waals surface area (Å²) in [6, 6.07) is 2.17. The Hall–Kier alpha value is -1.51. The van der Waals surface area contributed by atoms with Crippen LogP contribution < -0.4 is 5.32 Å². The standard InChI is InChI=1S/C12H17N3/c1-4-5-9-8(2)6-11-10(7-14-15-11)12(9)13-3/h6-7,13H,4-5H2,1-3H3,(H,14,15). The number of hydrogen-bond donors (Lipinski definition) is 2. The number of benzene rings is 1. The van der Waals surface area contributed by atoms with Gasteiger partial charge in [0, 0.05) is 18.1 Å². The number of aromatic nitrogens is 2. The summed E-state index contributed by atoms with van der Waals surface area (Å²) in [7, 11) is 1.97. The van der Waals surface area contributed by atoms with Crippen LogP contribution in [0.2, 0.25) is 0 Å². The van der Waals surface area contributed by atoms with Gasteiger partial charge in [-0.05, 0) is 30.5 Å². The van der Waals surface area contributed by atoms with Gasteiger partial charge in [-0.1, -0.05) is 13.3 Å². The highest BCUT2D eigenvalue weighted by molar-refractivity contribution is 5.93. The van der Waals surface area contributed by atoms with Gasteiger partial charge in [0.25, 0.3) is 0 Å². The van der Waals surface area contributed by atoms with E-state index in [1.54, 1.807) is 0 Å². The minimum atomic E-state index is 1.11. The molecule has 0 atom stereocenters. The molecule has 0 radical (unpaired) electrons. The lowest BCUT2D eigenvalue weighted by molar-refractivity contribution is 0.916. The van der Waals surface area contributed by atoms with Gasteiger partial charge in [0.05, 0.1) is 11.7 Å². The third-order valence-corrected chi connectivity index (χ3v) is 2.83. The topological polar surface area (TPSA) is 40.7 Å². The van der Waals surface area contributed by atoms with Crippen LogP contribution in [0.25, 0.3) is 10.9 Å². The highest BCUT2D eigenvalue weighted by atomic mass is 15.1. The predicted molar refractivity (Wildman–Crippen MR) is 64.4 cm³/mol. The second-order valence-electron chi connectivity index (χ2n) is 3.88. The van der Waals surface area contributed by atoms with Gasteiger partial charge in [0.15, 0.2) is 0 Å². The van der Waals surface area contributed by atoms with Gasteiger partial charge in [0.1, 0.15) is 0 Å². The maximum atomic E-state index is 4.09. The molecule has 0 aliphatic rings. The number of nitrogens with zero attached hydrogens (tertiary/aromatic N) is 1. The fourth-order valence-corrected chi connectivity index (χ4v) is 2.13. The Morgan fingerprint density at radius 1 is 1.47 bits per heavy atom. The molecule has 0 fully saturated rings. The summed E-state index contributed by atoms with van der Waals surface area (Å²) < 4.78 is 0. The molecule has 0 aliphatic heterocycles. The number of aryl methyl sites for hydroxylation is 1. The molecule has 1 heterocycles. The molecule has 1 aromatic carbocycles. The molecule has 2 aromatic rings. The normalized spacial score (nSPS) is 10.9. The van der Waals surface area contributed by atoms with Crippen molar-refractivity contribution in [2.45, 2.75) is 26.7 Å². The molecule has 15 heavy (non-hydrogen) atoms. The molecular weight excluding hydrogens is 186 g/mol. The van der Waals surface area contributed by atoms with Crippen LogP contribution in [0.3, 0.4) is 0 Å². The molecule has 0 amide bonds. The summed E-state index contributed by atoms with van der Waals surface area (Å²) in [6.45, 7) is 4.37. The summed E-state index contributed by atoms with van der Waals surface area (Å²) in [5, 5.41) is 11.6. The Kier molecular flexibility index (Phi) is 2.62. The van der Waals surface area contributed by atoms with Crippen LogP contribution in [0.4, 0.5) is 5.69 Å². The van der Waals surface area contributed by atoms with E-state index in [1.165, 1.54) is 28.6 Å². The zero-order chi connectivity index (χ0) is 10.8. The molecule has 1 aromatic heterocycles. The third kappa shape index (κ3) is 1.58. The zero-order valence-corrected chi connectivity index (χ0v) is 9.52. The van der Waals surface area contributed by atoms with Crippen molar-refractivity contribution in [1.29, 1.82) is 0 Å². The molecular formula is C12H17N3. The highest BCUT2D eigenvalue weighted by Crippen LogP contribution is 2.29. The number of hydrogen-bond acceptors (Lipinski definition) is 2. The molecule has 0 bridgehead atoms. The van der Waals surface area contributed by atoms with Crippen molar-refractivity contribution in [2.24, 2.45) is 0 Å². The molecule has 3 nitrogen and oxygen atoms in total. The Labute approximate surface area is 89.9 Å². The van der Waals surface area contributed by atoms with E-state index in [0.717, 1.165) is 11.9 Å². The first kappa shape index (κ1) is 10.0. The first-order chi connectivity index (χ1) is 7.27. The van der Waals surface area contributed by atoms with E-state index in [1.807, 2.05) is 13.2 Å². The second kappa shape index (κ2) is 3.93. The van der Waals surface area contributed by atoms with Gasteiger partial charge >= 0.3 is 0 Å². The van der Waals surface area contributed by atoms with Crippen LogP contribution in [0.1, 0.15) is 24.5 Å². The van der Waals surface area contributed by atoms with Crippen molar-refractivity contribution in [2.75, 3.05) is 12.4 Å². The van der Waals surface area contributed by atoms with Crippen molar-refractivity contribution in [3.8, 4) is 0 Å². The Bertz CT molecular complexity index is 471. The lowest BCUT2D eigenvalue weighted by atomic mass is 9.99. The molecule has 2 rings (SSSR count). The maximum Gasteiger partial charge on any atom is 0.0674 e. The van der Waals surface area contributed by atoms with Gasteiger partial charge in [-0.25, -0.2) is 0 Å². The van der Waals surface area contributed by atoms with E-state index < -0.39 is 0 Å². The van der Waals surface area contributed by atoms with E-state index in [9.17, 15) is 0 Å². The maximum absolute atomic E-state index is 4.09. The minimum Gasteiger partial charge on any atom is -0.387 e. The summed E-state index contributed by atoms with van der Waals surface area (Å²) in [4.78, 5) is 0. The number of fused-ring (bicyclic) bond motifs is 1. The molecule has 0 saturated heterocycles. The number of nitrogens with one attached hydrogen (secondary N) is 2. The van der Waals surface area contributed by atoms with E-state index in [4.69, 9.17) is 0 Å². The fraction of sp³-hybridized carbons (Fsp3) is 0.417. The number of rotatable bonds is 3. The van der Waals surface area contributed by atoms with Gasteiger partial charge in [-0.2, -0.15) is 5.10 Å².